The summed E-state index contributed by atoms with van der Waals surface area (Å²) in [5.74, 6) is 2.95. The summed E-state index contributed by atoms with van der Waals surface area (Å²) >= 11 is 3.74. The van der Waals surface area contributed by atoms with Crippen LogP contribution in [0.15, 0.2) is 0 Å². The van der Waals surface area contributed by atoms with E-state index in [2.05, 4.69) is 29.8 Å². The maximum atomic E-state index is 12.2. The molecule has 4 rings (SSSR count). The van der Waals surface area contributed by atoms with Gasteiger partial charge in [-0.05, 0) is 74.0 Å². The molecular formula is C21H31BrO3. The molecule has 0 saturated heterocycles. The highest BCUT2D eigenvalue weighted by molar-refractivity contribution is 9.10. The number of rotatable bonds is 1. The van der Waals surface area contributed by atoms with Crippen LogP contribution in [0.3, 0.4) is 0 Å². The van der Waals surface area contributed by atoms with Gasteiger partial charge in [0.25, 0.3) is 0 Å². The summed E-state index contributed by atoms with van der Waals surface area (Å²) in [7, 11) is 0. The zero-order chi connectivity index (χ0) is 18.0. The molecule has 4 saturated carbocycles. The molecule has 4 fully saturated rings. The number of esters is 1. The lowest BCUT2D eigenvalue weighted by Gasteiger charge is -2.60. The van der Waals surface area contributed by atoms with Gasteiger partial charge in [0.15, 0.2) is 0 Å². The van der Waals surface area contributed by atoms with E-state index in [1.54, 1.807) is 6.92 Å². The van der Waals surface area contributed by atoms with Crippen LogP contribution in [0.2, 0.25) is 0 Å². The first-order chi connectivity index (χ1) is 11.8. The number of Topliss-reactive ketones (excluding diaryl/α,β-unsaturated/α-hetero) is 1. The average Bonchev–Trinajstić information content (AvgIpc) is 2.88. The van der Waals surface area contributed by atoms with Gasteiger partial charge in [0, 0.05) is 18.8 Å². The maximum absolute atomic E-state index is 12.2. The van der Waals surface area contributed by atoms with E-state index in [-0.39, 0.29) is 22.3 Å². The van der Waals surface area contributed by atoms with Crippen molar-refractivity contribution in [3.63, 3.8) is 0 Å². The number of hydrogen-bond acceptors (Lipinski definition) is 3. The number of ether oxygens (including phenoxy) is 1. The molecule has 140 valence electrons. The smallest absolute Gasteiger partial charge is 0.302 e. The van der Waals surface area contributed by atoms with Crippen LogP contribution in [0, 0.1) is 34.5 Å². The fourth-order valence-electron chi connectivity index (χ4n) is 7.44. The molecule has 0 aromatic carbocycles. The van der Waals surface area contributed by atoms with Crippen LogP contribution in [0.4, 0.5) is 0 Å². The molecule has 0 radical (unpaired) electrons. The predicted octanol–water partition coefficient (Wildman–Crippen LogP) is 4.90. The number of carbonyl (C=O) groups excluding carboxylic acids is 2. The number of alkyl halides is 1. The minimum absolute atomic E-state index is 0.0675. The van der Waals surface area contributed by atoms with E-state index >= 15 is 0 Å². The van der Waals surface area contributed by atoms with Crippen molar-refractivity contribution >= 4 is 27.7 Å². The lowest BCUT2D eigenvalue weighted by Crippen LogP contribution is -2.56. The third-order valence-corrected chi connectivity index (χ3v) is 9.88. The fraction of sp³-hybridized carbons (Fsp3) is 0.905. The first-order valence-corrected chi connectivity index (χ1v) is 11.0. The van der Waals surface area contributed by atoms with Crippen LogP contribution in [0.5, 0.6) is 0 Å². The van der Waals surface area contributed by atoms with Gasteiger partial charge >= 0.3 is 5.97 Å². The summed E-state index contributed by atoms with van der Waals surface area (Å²) in [6, 6.07) is 0. The summed E-state index contributed by atoms with van der Waals surface area (Å²) in [4.78, 5) is 23.8. The Bertz CT molecular complexity index is 590. The molecule has 4 heteroatoms. The highest BCUT2D eigenvalue weighted by Crippen LogP contribution is 2.66. The summed E-state index contributed by atoms with van der Waals surface area (Å²) in [6.07, 6.45) is 8.96. The Balaban J connectivity index is 1.60. The lowest BCUT2D eigenvalue weighted by atomic mass is 9.45. The van der Waals surface area contributed by atoms with Crippen LogP contribution < -0.4 is 0 Å². The number of ketones is 1. The lowest BCUT2D eigenvalue weighted by molar-refractivity contribution is -0.161. The van der Waals surface area contributed by atoms with Gasteiger partial charge in [0.2, 0.25) is 0 Å². The Morgan fingerprint density at radius 1 is 1.00 bits per heavy atom. The summed E-state index contributed by atoms with van der Waals surface area (Å²) in [5, 5.41) is 0. The molecule has 0 aliphatic heterocycles. The van der Waals surface area contributed by atoms with E-state index in [0.29, 0.717) is 23.0 Å². The normalized spacial score (nSPS) is 52.1. The van der Waals surface area contributed by atoms with Crippen molar-refractivity contribution in [1.82, 2.24) is 0 Å². The van der Waals surface area contributed by atoms with Crippen molar-refractivity contribution in [2.75, 3.05) is 0 Å². The fourth-order valence-corrected chi connectivity index (χ4v) is 8.53. The van der Waals surface area contributed by atoms with Crippen LogP contribution in [-0.4, -0.2) is 22.7 Å². The van der Waals surface area contributed by atoms with Crippen molar-refractivity contribution in [3.05, 3.63) is 0 Å². The molecule has 0 amide bonds. The minimum atomic E-state index is -0.127. The molecule has 8 atom stereocenters. The number of carbonyl (C=O) groups is 2. The van der Waals surface area contributed by atoms with Gasteiger partial charge in [-0.3, -0.25) is 9.59 Å². The quantitative estimate of drug-likeness (QED) is 0.455. The van der Waals surface area contributed by atoms with Gasteiger partial charge in [-0.2, -0.15) is 0 Å². The second kappa shape index (κ2) is 6.07. The van der Waals surface area contributed by atoms with Gasteiger partial charge in [-0.15, -0.1) is 0 Å². The van der Waals surface area contributed by atoms with Crippen molar-refractivity contribution in [2.45, 2.75) is 83.1 Å². The number of halogens is 1. The molecule has 0 bridgehead atoms. The van der Waals surface area contributed by atoms with E-state index in [1.807, 2.05) is 0 Å². The predicted molar refractivity (Wildman–Crippen MR) is 100 cm³/mol. The third-order valence-electron chi connectivity index (χ3n) is 8.73. The van der Waals surface area contributed by atoms with E-state index in [4.69, 9.17) is 4.74 Å². The van der Waals surface area contributed by atoms with Crippen molar-refractivity contribution in [2.24, 2.45) is 34.5 Å². The molecule has 0 aromatic heterocycles. The standard InChI is InChI=1S/C21H31BrO3/c1-12(23)25-18-7-6-14-13-4-5-16-19(22)17(24)9-11-20(16,2)15(13)8-10-21(14,18)3/h13-16,18-19H,4-11H2,1-3H3/t13-,14-,15-,16+,18+,19+,20+,21-/m0/s1. The highest BCUT2D eigenvalue weighted by Gasteiger charge is 2.62. The molecule has 0 unspecified atom stereocenters. The second-order valence-electron chi connectivity index (χ2n) is 9.65. The van der Waals surface area contributed by atoms with Gasteiger partial charge in [0.1, 0.15) is 11.9 Å². The van der Waals surface area contributed by atoms with Gasteiger partial charge in [-0.25, -0.2) is 0 Å². The van der Waals surface area contributed by atoms with Crippen LogP contribution in [0.25, 0.3) is 0 Å². The molecule has 25 heavy (non-hydrogen) atoms. The second-order valence-corrected chi connectivity index (χ2v) is 10.6. The van der Waals surface area contributed by atoms with E-state index in [0.717, 1.165) is 31.1 Å². The van der Waals surface area contributed by atoms with Crippen molar-refractivity contribution in [1.29, 1.82) is 0 Å². The third kappa shape index (κ3) is 2.56. The molecule has 4 aliphatic carbocycles. The topological polar surface area (TPSA) is 43.4 Å². The summed E-state index contributed by atoms with van der Waals surface area (Å²) in [6.45, 7) is 6.39. The summed E-state index contributed by atoms with van der Waals surface area (Å²) < 4.78 is 5.74. The minimum Gasteiger partial charge on any atom is -0.462 e. The Morgan fingerprint density at radius 2 is 1.68 bits per heavy atom. The first kappa shape index (κ1) is 18.0. The molecule has 0 N–H and O–H groups in total. The molecule has 0 aromatic rings. The number of hydrogen-bond donors (Lipinski definition) is 0. The largest absolute Gasteiger partial charge is 0.462 e. The zero-order valence-electron chi connectivity index (χ0n) is 15.7. The van der Waals surface area contributed by atoms with Crippen molar-refractivity contribution < 1.29 is 14.3 Å². The molecule has 0 spiro atoms. The van der Waals surface area contributed by atoms with E-state index < -0.39 is 0 Å². The average molecular weight is 411 g/mol. The highest BCUT2D eigenvalue weighted by atomic mass is 79.9. The van der Waals surface area contributed by atoms with Gasteiger partial charge in [-0.1, -0.05) is 29.8 Å². The van der Waals surface area contributed by atoms with E-state index in [9.17, 15) is 9.59 Å². The molecule has 3 nitrogen and oxygen atoms in total. The molecule has 4 aliphatic rings. The van der Waals surface area contributed by atoms with Crippen molar-refractivity contribution in [3.8, 4) is 0 Å². The first-order valence-electron chi connectivity index (χ1n) is 10.1. The van der Waals surface area contributed by atoms with E-state index in [1.165, 1.54) is 32.1 Å². The van der Waals surface area contributed by atoms with Crippen LogP contribution in [0.1, 0.15) is 72.1 Å². The van der Waals surface area contributed by atoms with Crippen LogP contribution >= 0.6 is 15.9 Å². The SMILES string of the molecule is CC(=O)O[C@@H]1CC[C@H]2[C@@H]3CC[C@@H]4[C@@H](Br)C(=O)CC[C@]4(C)[C@H]3CC[C@]12C. The van der Waals surface area contributed by atoms with Crippen LogP contribution in [-0.2, 0) is 14.3 Å². The Hall–Kier alpha value is -0.380. The molecular weight excluding hydrogens is 380 g/mol. The zero-order valence-corrected chi connectivity index (χ0v) is 17.3. The van der Waals surface area contributed by atoms with Gasteiger partial charge < -0.3 is 4.74 Å². The van der Waals surface area contributed by atoms with Gasteiger partial charge in [0.05, 0.1) is 4.83 Å². The summed E-state index contributed by atoms with van der Waals surface area (Å²) in [5.41, 5.74) is 0.458. The Morgan fingerprint density at radius 3 is 2.40 bits per heavy atom. The molecule has 0 heterocycles. The Labute approximate surface area is 159 Å². The Kier molecular flexibility index (Phi) is 4.37. The maximum Gasteiger partial charge on any atom is 0.302 e. The number of fused-ring (bicyclic) bond motifs is 5. The monoisotopic (exact) mass is 410 g/mol.